The number of nitrogens with zero attached hydrogens (tertiary/aromatic N) is 2. The lowest BCUT2D eigenvalue weighted by atomic mass is 10.2. The van der Waals surface area contributed by atoms with Crippen LogP contribution in [0.1, 0.15) is 12.6 Å². The van der Waals surface area contributed by atoms with E-state index < -0.39 is 0 Å². The van der Waals surface area contributed by atoms with Crippen LogP contribution in [0.25, 0.3) is 0 Å². The van der Waals surface area contributed by atoms with E-state index in [9.17, 15) is 0 Å². The van der Waals surface area contributed by atoms with Crippen LogP contribution in [-0.2, 0) is 0 Å². The highest BCUT2D eigenvalue weighted by Crippen LogP contribution is 2.06. The first-order chi connectivity index (χ1) is 8.27. The highest BCUT2D eigenvalue weighted by atomic mass is 15.0. The molecular formula is C13H16N4. The minimum Gasteiger partial charge on any atom is -0.364 e. The van der Waals surface area contributed by atoms with E-state index in [0.29, 0.717) is 18.1 Å². The number of rotatable bonds is 6. The average molecular weight is 228 g/mol. The maximum atomic E-state index is 7.19. The molecule has 0 aromatic carbocycles. The summed E-state index contributed by atoms with van der Waals surface area (Å²) in [6.07, 6.45) is 12.1. The molecule has 0 amide bonds. The summed E-state index contributed by atoms with van der Waals surface area (Å²) in [5.74, 6) is 0.600. The van der Waals surface area contributed by atoms with Gasteiger partial charge in [-0.2, -0.15) is 0 Å². The largest absolute Gasteiger partial charge is 0.364 e. The van der Waals surface area contributed by atoms with E-state index in [2.05, 4.69) is 21.9 Å². The zero-order chi connectivity index (χ0) is 12.5. The molecule has 88 valence electrons. The Kier molecular flexibility index (Phi) is 5.37. The van der Waals surface area contributed by atoms with Gasteiger partial charge in [-0.3, -0.25) is 0 Å². The molecule has 0 radical (unpaired) electrons. The van der Waals surface area contributed by atoms with Gasteiger partial charge in [0, 0.05) is 25.2 Å². The molecule has 1 aromatic heterocycles. The summed E-state index contributed by atoms with van der Waals surface area (Å²) in [6, 6.07) is 0. The van der Waals surface area contributed by atoms with Gasteiger partial charge in [0.2, 0.25) is 0 Å². The predicted molar refractivity (Wildman–Crippen MR) is 71.5 cm³/mol. The molecule has 1 aromatic rings. The Hall–Kier alpha value is -2.23. The molecule has 0 atom stereocenters. The van der Waals surface area contributed by atoms with E-state index in [-0.39, 0.29) is 0 Å². The average Bonchev–Trinajstić information content (AvgIpc) is 2.37. The second-order valence-corrected chi connectivity index (χ2v) is 3.33. The first kappa shape index (κ1) is 12.8. The van der Waals surface area contributed by atoms with E-state index in [1.54, 1.807) is 12.4 Å². The fraction of sp³-hybridized carbons (Fsp3) is 0.154. The van der Waals surface area contributed by atoms with Crippen molar-refractivity contribution in [3.8, 4) is 0 Å². The third-order valence-electron chi connectivity index (χ3n) is 1.98. The Morgan fingerprint density at radius 1 is 1.41 bits per heavy atom. The molecule has 0 saturated carbocycles. The summed E-state index contributed by atoms with van der Waals surface area (Å²) in [7, 11) is 0. The van der Waals surface area contributed by atoms with Crippen molar-refractivity contribution in [2.24, 2.45) is 0 Å². The van der Waals surface area contributed by atoms with Gasteiger partial charge in [0.15, 0.2) is 5.82 Å². The summed E-state index contributed by atoms with van der Waals surface area (Å²) in [4.78, 5) is 8.14. The topological polar surface area (TPSA) is 61.7 Å². The molecular weight excluding hydrogens is 212 g/mol. The maximum Gasteiger partial charge on any atom is 0.153 e. The molecule has 4 heteroatoms. The van der Waals surface area contributed by atoms with Crippen LogP contribution in [0, 0.1) is 5.41 Å². The van der Waals surface area contributed by atoms with Crippen LogP contribution in [0.3, 0.4) is 0 Å². The van der Waals surface area contributed by atoms with Crippen LogP contribution in [-0.4, -0.2) is 22.7 Å². The van der Waals surface area contributed by atoms with Crippen LogP contribution in [0.4, 0.5) is 5.82 Å². The van der Waals surface area contributed by atoms with Gasteiger partial charge in [0.1, 0.15) is 5.69 Å². The number of allylic oxidation sites excluding steroid dienone is 3. The molecule has 0 bridgehead atoms. The Labute approximate surface area is 101 Å². The summed E-state index contributed by atoms with van der Waals surface area (Å²) in [5, 5.41) is 10.3. The molecule has 0 fully saturated rings. The summed E-state index contributed by atoms with van der Waals surface area (Å²) in [6.45, 7) is 6.45. The SMILES string of the molecule is C=C(/C=C\C=C/C)CNc1nccnc1C=N. The van der Waals surface area contributed by atoms with Gasteiger partial charge in [-0.1, -0.05) is 30.9 Å². The van der Waals surface area contributed by atoms with E-state index in [1.165, 1.54) is 6.21 Å². The Morgan fingerprint density at radius 2 is 2.18 bits per heavy atom. The molecule has 0 aliphatic rings. The summed E-state index contributed by atoms with van der Waals surface area (Å²) >= 11 is 0. The first-order valence-electron chi connectivity index (χ1n) is 5.30. The van der Waals surface area contributed by atoms with Crippen molar-refractivity contribution in [3.05, 3.63) is 54.5 Å². The van der Waals surface area contributed by atoms with Crippen molar-refractivity contribution in [1.82, 2.24) is 9.97 Å². The van der Waals surface area contributed by atoms with Crippen molar-refractivity contribution in [1.29, 1.82) is 5.41 Å². The number of hydrogen-bond donors (Lipinski definition) is 2. The van der Waals surface area contributed by atoms with Crippen molar-refractivity contribution in [2.75, 3.05) is 11.9 Å². The van der Waals surface area contributed by atoms with Gasteiger partial charge in [0.25, 0.3) is 0 Å². The monoisotopic (exact) mass is 228 g/mol. The summed E-state index contributed by atoms with van der Waals surface area (Å²) < 4.78 is 0. The molecule has 1 rings (SSSR count). The third-order valence-corrected chi connectivity index (χ3v) is 1.98. The molecule has 0 spiro atoms. The van der Waals surface area contributed by atoms with Crippen molar-refractivity contribution in [3.63, 3.8) is 0 Å². The summed E-state index contributed by atoms with van der Waals surface area (Å²) in [5.41, 5.74) is 1.46. The number of aromatic nitrogens is 2. The van der Waals surface area contributed by atoms with Gasteiger partial charge >= 0.3 is 0 Å². The molecule has 1 heterocycles. The van der Waals surface area contributed by atoms with Gasteiger partial charge in [-0.15, -0.1) is 0 Å². The first-order valence-corrected chi connectivity index (χ1v) is 5.30. The van der Waals surface area contributed by atoms with Crippen molar-refractivity contribution >= 4 is 12.0 Å². The van der Waals surface area contributed by atoms with Gasteiger partial charge < -0.3 is 10.7 Å². The third kappa shape index (κ3) is 4.42. The smallest absolute Gasteiger partial charge is 0.153 e. The van der Waals surface area contributed by atoms with Gasteiger partial charge in [-0.05, 0) is 12.5 Å². The lowest BCUT2D eigenvalue weighted by molar-refractivity contribution is 1.13. The van der Waals surface area contributed by atoms with Gasteiger partial charge in [0.05, 0.1) is 0 Å². The zero-order valence-electron chi connectivity index (χ0n) is 9.85. The number of nitrogens with one attached hydrogen (secondary N) is 2. The minimum absolute atomic E-state index is 0.526. The Bertz CT molecular complexity index is 446. The number of hydrogen-bond acceptors (Lipinski definition) is 4. The lowest BCUT2D eigenvalue weighted by Gasteiger charge is -2.06. The highest BCUT2D eigenvalue weighted by Gasteiger charge is 2.00. The molecule has 0 saturated heterocycles. The quantitative estimate of drug-likeness (QED) is 0.581. The van der Waals surface area contributed by atoms with Crippen molar-refractivity contribution in [2.45, 2.75) is 6.92 Å². The molecule has 4 nitrogen and oxygen atoms in total. The van der Waals surface area contributed by atoms with E-state index in [1.807, 2.05) is 31.2 Å². The molecule has 0 aliphatic carbocycles. The Morgan fingerprint density at radius 3 is 2.88 bits per heavy atom. The number of anilines is 1. The van der Waals surface area contributed by atoms with Crippen LogP contribution in [0.15, 0.2) is 48.8 Å². The molecule has 17 heavy (non-hydrogen) atoms. The molecule has 2 N–H and O–H groups in total. The standard InChI is InChI=1S/C13H16N4/c1-3-4-5-6-11(2)10-17-13-12(9-14)15-7-8-16-13/h3-9,14H,2,10H2,1H3,(H,16,17)/b4-3-,6-5-,14-9?. The van der Waals surface area contributed by atoms with Crippen LogP contribution < -0.4 is 5.32 Å². The Balaban J connectivity index is 2.55. The fourth-order valence-electron chi connectivity index (χ4n) is 1.15. The second-order valence-electron chi connectivity index (χ2n) is 3.33. The predicted octanol–water partition coefficient (Wildman–Crippen LogP) is 2.57. The van der Waals surface area contributed by atoms with Crippen molar-refractivity contribution < 1.29 is 0 Å². The fourth-order valence-corrected chi connectivity index (χ4v) is 1.15. The van der Waals surface area contributed by atoms with E-state index in [0.717, 1.165) is 5.57 Å². The highest BCUT2D eigenvalue weighted by molar-refractivity contribution is 5.81. The molecule has 0 aliphatic heterocycles. The van der Waals surface area contributed by atoms with Crippen LogP contribution >= 0.6 is 0 Å². The normalized spacial score (nSPS) is 10.9. The lowest BCUT2D eigenvalue weighted by Crippen LogP contribution is -2.07. The molecule has 0 unspecified atom stereocenters. The van der Waals surface area contributed by atoms with Crippen LogP contribution in [0.5, 0.6) is 0 Å². The maximum absolute atomic E-state index is 7.19. The zero-order valence-corrected chi connectivity index (χ0v) is 9.85. The van der Waals surface area contributed by atoms with Crippen LogP contribution in [0.2, 0.25) is 0 Å². The van der Waals surface area contributed by atoms with Gasteiger partial charge in [-0.25, -0.2) is 9.97 Å². The second kappa shape index (κ2) is 7.11. The van der Waals surface area contributed by atoms with E-state index in [4.69, 9.17) is 5.41 Å². The van der Waals surface area contributed by atoms with E-state index >= 15 is 0 Å². The minimum atomic E-state index is 0.526.